The minimum Gasteiger partial charge on any atom is -0.490 e. The molecular formula is C22H20F2OS. The van der Waals surface area contributed by atoms with Crippen molar-refractivity contribution in [3.8, 4) is 27.3 Å². The number of thiophene rings is 1. The van der Waals surface area contributed by atoms with Gasteiger partial charge in [0, 0.05) is 15.3 Å². The second-order valence-corrected chi connectivity index (χ2v) is 8.12. The normalized spacial score (nSPS) is 14.3. The molecule has 2 aromatic carbocycles. The zero-order chi connectivity index (χ0) is 18.1. The van der Waals surface area contributed by atoms with E-state index in [0.29, 0.717) is 18.1 Å². The molecule has 1 heterocycles. The molecule has 1 aliphatic carbocycles. The standard InChI is InChI=1S/C22H20F2OS/c1-14-5-12-20(26-14)17-8-6-16(7-9-17)18-10-11-19(22(24)21(18)23)25-13-15-3-2-4-15/h5-12,15H,2-4,13H2,1H3. The third kappa shape index (κ3) is 3.38. The van der Waals surface area contributed by atoms with Crippen LogP contribution in [0.4, 0.5) is 8.78 Å². The lowest BCUT2D eigenvalue weighted by atomic mass is 9.86. The van der Waals surface area contributed by atoms with Gasteiger partial charge in [-0.15, -0.1) is 11.3 Å². The van der Waals surface area contributed by atoms with E-state index in [0.717, 1.165) is 18.4 Å². The molecule has 134 valence electrons. The molecule has 1 saturated carbocycles. The van der Waals surface area contributed by atoms with E-state index in [9.17, 15) is 8.78 Å². The van der Waals surface area contributed by atoms with Gasteiger partial charge in [-0.1, -0.05) is 30.7 Å². The Hall–Kier alpha value is -2.20. The fraction of sp³-hybridized carbons (Fsp3) is 0.273. The van der Waals surface area contributed by atoms with Crippen molar-refractivity contribution in [1.29, 1.82) is 0 Å². The molecule has 26 heavy (non-hydrogen) atoms. The third-order valence-corrected chi connectivity index (χ3v) is 6.02. The molecule has 1 nitrogen and oxygen atoms in total. The number of hydrogen-bond donors (Lipinski definition) is 0. The van der Waals surface area contributed by atoms with Crippen molar-refractivity contribution in [1.82, 2.24) is 0 Å². The monoisotopic (exact) mass is 370 g/mol. The minimum absolute atomic E-state index is 0.00355. The van der Waals surface area contributed by atoms with Gasteiger partial charge in [0.15, 0.2) is 11.6 Å². The van der Waals surface area contributed by atoms with Crippen LogP contribution >= 0.6 is 11.3 Å². The van der Waals surface area contributed by atoms with Crippen molar-refractivity contribution < 1.29 is 13.5 Å². The molecule has 0 saturated heterocycles. The zero-order valence-corrected chi connectivity index (χ0v) is 15.4. The van der Waals surface area contributed by atoms with Gasteiger partial charge >= 0.3 is 0 Å². The fourth-order valence-electron chi connectivity index (χ4n) is 3.14. The Bertz CT molecular complexity index is 910. The number of ether oxygens (including phenoxy) is 1. The highest BCUT2D eigenvalue weighted by Crippen LogP contribution is 2.34. The van der Waals surface area contributed by atoms with Gasteiger partial charge in [0.25, 0.3) is 0 Å². The van der Waals surface area contributed by atoms with Crippen LogP contribution in [0.15, 0.2) is 48.5 Å². The molecule has 0 amide bonds. The molecule has 0 bridgehead atoms. The van der Waals surface area contributed by atoms with E-state index in [-0.39, 0.29) is 11.3 Å². The van der Waals surface area contributed by atoms with Gasteiger partial charge in [0.2, 0.25) is 5.82 Å². The van der Waals surface area contributed by atoms with Crippen LogP contribution in [0.2, 0.25) is 0 Å². The molecule has 0 spiro atoms. The number of aryl methyl sites for hydroxylation is 1. The van der Waals surface area contributed by atoms with Gasteiger partial charge in [-0.05, 0) is 61.1 Å². The maximum Gasteiger partial charge on any atom is 0.201 e. The van der Waals surface area contributed by atoms with Crippen molar-refractivity contribution >= 4 is 11.3 Å². The number of halogens is 2. The van der Waals surface area contributed by atoms with Gasteiger partial charge in [0.1, 0.15) is 0 Å². The molecule has 3 aromatic rings. The molecule has 0 radical (unpaired) electrons. The molecule has 1 fully saturated rings. The van der Waals surface area contributed by atoms with E-state index in [1.54, 1.807) is 17.4 Å². The number of hydrogen-bond acceptors (Lipinski definition) is 2. The summed E-state index contributed by atoms with van der Waals surface area (Å²) in [5, 5.41) is 0. The van der Waals surface area contributed by atoms with Crippen LogP contribution < -0.4 is 4.74 Å². The Morgan fingerprint density at radius 2 is 1.65 bits per heavy atom. The first-order valence-corrected chi connectivity index (χ1v) is 9.71. The first kappa shape index (κ1) is 17.2. The van der Waals surface area contributed by atoms with E-state index < -0.39 is 11.6 Å². The molecule has 1 aromatic heterocycles. The fourth-order valence-corrected chi connectivity index (χ4v) is 4.01. The van der Waals surface area contributed by atoms with E-state index in [1.807, 2.05) is 24.3 Å². The summed E-state index contributed by atoms with van der Waals surface area (Å²) in [6, 6.07) is 14.8. The molecule has 4 rings (SSSR count). The van der Waals surface area contributed by atoms with E-state index in [2.05, 4.69) is 19.1 Å². The summed E-state index contributed by atoms with van der Waals surface area (Å²) in [5.41, 5.74) is 1.99. The largest absolute Gasteiger partial charge is 0.490 e. The maximum atomic E-state index is 14.5. The summed E-state index contributed by atoms with van der Waals surface area (Å²) >= 11 is 1.71. The van der Waals surface area contributed by atoms with Crippen LogP contribution in [-0.4, -0.2) is 6.61 Å². The van der Waals surface area contributed by atoms with Crippen molar-refractivity contribution in [3.63, 3.8) is 0 Å². The van der Waals surface area contributed by atoms with E-state index in [4.69, 9.17) is 4.74 Å². The Balaban J connectivity index is 1.56. The summed E-state index contributed by atoms with van der Waals surface area (Å²) in [5.74, 6) is -1.27. The Morgan fingerprint density at radius 3 is 2.27 bits per heavy atom. The molecule has 0 aliphatic heterocycles. The summed E-state index contributed by atoms with van der Waals surface area (Å²) in [6.07, 6.45) is 3.42. The molecule has 0 atom stereocenters. The number of benzene rings is 2. The summed E-state index contributed by atoms with van der Waals surface area (Å²) < 4.78 is 34.4. The summed E-state index contributed by atoms with van der Waals surface area (Å²) in [4.78, 5) is 2.41. The van der Waals surface area contributed by atoms with Gasteiger partial charge in [-0.3, -0.25) is 0 Å². The summed E-state index contributed by atoms with van der Waals surface area (Å²) in [6.45, 7) is 2.53. The lowest BCUT2D eigenvalue weighted by Gasteiger charge is -2.25. The predicted octanol–water partition coefficient (Wildman–Crippen LogP) is 6.85. The minimum atomic E-state index is -0.903. The van der Waals surface area contributed by atoms with E-state index >= 15 is 0 Å². The van der Waals surface area contributed by atoms with E-state index in [1.165, 1.54) is 22.2 Å². The Kier molecular flexibility index (Phi) is 4.77. The smallest absolute Gasteiger partial charge is 0.201 e. The average molecular weight is 370 g/mol. The van der Waals surface area contributed by atoms with Gasteiger partial charge in [-0.25, -0.2) is 4.39 Å². The summed E-state index contributed by atoms with van der Waals surface area (Å²) in [7, 11) is 0. The first-order valence-electron chi connectivity index (χ1n) is 8.90. The Labute approximate surface area is 156 Å². The molecular weight excluding hydrogens is 350 g/mol. The maximum absolute atomic E-state index is 14.5. The SMILES string of the molecule is Cc1ccc(-c2ccc(-c3ccc(OCC4CCC4)c(F)c3F)cc2)s1. The van der Waals surface area contributed by atoms with Crippen LogP contribution in [-0.2, 0) is 0 Å². The predicted molar refractivity (Wildman–Crippen MR) is 103 cm³/mol. The van der Waals surface area contributed by atoms with Crippen LogP contribution in [0, 0.1) is 24.5 Å². The molecule has 1 aliphatic rings. The second-order valence-electron chi connectivity index (χ2n) is 6.83. The molecule has 0 N–H and O–H groups in total. The highest BCUT2D eigenvalue weighted by atomic mass is 32.1. The average Bonchev–Trinajstić information content (AvgIpc) is 3.04. The van der Waals surface area contributed by atoms with Crippen molar-refractivity contribution in [2.75, 3.05) is 6.61 Å². The van der Waals surface area contributed by atoms with Crippen molar-refractivity contribution in [3.05, 3.63) is 65.0 Å². The Morgan fingerprint density at radius 1 is 0.923 bits per heavy atom. The zero-order valence-electron chi connectivity index (χ0n) is 14.6. The topological polar surface area (TPSA) is 9.23 Å². The second kappa shape index (κ2) is 7.20. The third-order valence-electron chi connectivity index (χ3n) is 4.97. The van der Waals surface area contributed by atoms with Crippen molar-refractivity contribution in [2.24, 2.45) is 5.92 Å². The molecule has 0 unspecified atom stereocenters. The first-order chi connectivity index (χ1) is 12.6. The van der Waals surface area contributed by atoms with Gasteiger partial charge in [-0.2, -0.15) is 4.39 Å². The van der Waals surface area contributed by atoms with Gasteiger partial charge < -0.3 is 4.74 Å². The van der Waals surface area contributed by atoms with Crippen LogP contribution in [0.5, 0.6) is 5.75 Å². The quantitative estimate of drug-likeness (QED) is 0.477. The van der Waals surface area contributed by atoms with Crippen LogP contribution in [0.3, 0.4) is 0 Å². The van der Waals surface area contributed by atoms with Gasteiger partial charge in [0.05, 0.1) is 6.61 Å². The molecule has 4 heteroatoms. The lowest BCUT2D eigenvalue weighted by molar-refractivity contribution is 0.174. The lowest BCUT2D eigenvalue weighted by Crippen LogP contribution is -2.19. The highest BCUT2D eigenvalue weighted by Gasteiger charge is 2.20. The van der Waals surface area contributed by atoms with Crippen LogP contribution in [0.1, 0.15) is 24.1 Å². The highest BCUT2D eigenvalue weighted by molar-refractivity contribution is 7.15. The van der Waals surface area contributed by atoms with Crippen LogP contribution in [0.25, 0.3) is 21.6 Å². The van der Waals surface area contributed by atoms with Crippen molar-refractivity contribution in [2.45, 2.75) is 26.2 Å². The number of rotatable bonds is 5.